The maximum atomic E-state index is 9.95. The van der Waals surface area contributed by atoms with Gasteiger partial charge in [0.05, 0.1) is 0 Å². The SMILES string of the molecule is C1=C\C/C=C/C\C=C/1.C=CC(=O)NC.C=CC(=O)NC.[HH].[HH]. The second-order valence-corrected chi connectivity index (χ2v) is 3.44. The van der Waals surface area contributed by atoms with Gasteiger partial charge in [0.15, 0.2) is 0 Å². The minimum absolute atomic E-state index is 0. The molecule has 0 bridgehead atoms. The summed E-state index contributed by atoms with van der Waals surface area (Å²) in [6.07, 6.45) is 17.4. The molecule has 0 aromatic heterocycles. The van der Waals surface area contributed by atoms with E-state index in [2.05, 4.69) is 60.2 Å². The molecule has 1 rings (SSSR count). The molecule has 0 spiro atoms. The Labute approximate surface area is 124 Å². The van der Waals surface area contributed by atoms with Crippen LogP contribution in [-0.4, -0.2) is 25.9 Å². The van der Waals surface area contributed by atoms with Gasteiger partial charge in [-0.2, -0.15) is 0 Å². The summed E-state index contributed by atoms with van der Waals surface area (Å²) >= 11 is 0. The number of carbonyl (C=O) groups excluding carboxylic acids is 2. The fraction of sp³-hybridized carbons (Fsp3) is 0.250. The highest BCUT2D eigenvalue weighted by Gasteiger charge is 1.79. The number of hydrogen-bond donors (Lipinski definition) is 2. The summed E-state index contributed by atoms with van der Waals surface area (Å²) in [6.45, 7) is 6.44. The number of likely N-dealkylation sites (N-methyl/N-ethyl adjacent to an activating group) is 2. The molecule has 20 heavy (non-hydrogen) atoms. The minimum atomic E-state index is -0.144. The highest BCUT2D eigenvalue weighted by molar-refractivity contribution is 5.86. The van der Waals surface area contributed by atoms with Gasteiger partial charge in [-0.1, -0.05) is 49.6 Å². The monoisotopic (exact) mass is 280 g/mol. The summed E-state index contributed by atoms with van der Waals surface area (Å²) in [5.41, 5.74) is 0. The third kappa shape index (κ3) is 18.0. The summed E-state index contributed by atoms with van der Waals surface area (Å²) in [5, 5.41) is 4.72. The fourth-order valence-electron chi connectivity index (χ4n) is 0.868. The lowest BCUT2D eigenvalue weighted by Crippen LogP contribution is -2.13. The Bertz CT molecular complexity index is 354. The van der Waals surface area contributed by atoms with Gasteiger partial charge in [0, 0.05) is 16.9 Å². The predicted molar refractivity (Wildman–Crippen MR) is 89.4 cm³/mol. The zero-order valence-electron chi connectivity index (χ0n) is 12.3. The van der Waals surface area contributed by atoms with Crippen molar-refractivity contribution in [2.24, 2.45) is 0 Å². The van der Waals surface area contributed by atoms with Gasteiger partial charge in [0.1, 0.15) is 0 Å². The van der Waals surface area contributed by atoms with Gasteiger partial charge in [-0.25, -0.2) is 0 Å². The fourth-order valence-corrected chi connectivity index (χ4v) is 0.868. The molecule has 0 aromatic rings. The van der Waals surface area contributed by atoms with Crippen LogP contribution in [0.5, 0.6) is 0 Å². The van der Waals surface area contributed by atoms with Crippen molar-refractivity contribution in [2.45, 2.75) is 12.8 Å². The highest BCUT2D eigenvalue weighted by atomic mass is 16.2. The number of allylic oxidation sites excluding steroid dienone is 6. The normalized spacial score (nSPS) is 16.1. The summed E-state index contributed by atoms with van der Waals surface area (Å²) in [7, 11) is 3.12. The van der Waals surface area contributed by atoms with Gasteiger partial charge in [-0.3, -0.25) is 9.59 Å². The second-order valence-electron chi connectivity index (χ2n) is 3.44. The van der Waals surface area contributed by atoms with E-state index in [1.165, 1.54) is 12.2 Å². The van der Waals surface area contributed by atoms with Crippen molar-refractivity contribution < 1.29 is 12.4 Å². The summed E-state index contributed by atoms with van der Waals surface area (Å²) in [4.78, 5) is 19.9. The number of hydrogen-bond acceptors (Lipinski definition) is 2. The molecule has 0 radical (unpaired) electrons. The zero-order valence-corrected chi connectivity index (χ0v) is 12.3. The Morgan fingerprint density at radius 1 is 0.900 bits per heavy atom. The van der Waals surface area contributed by atoms with Crippen LogP contribution < -0.4 is 10.6 Å². The first-order valence-electron chi connectivity index (χ1n) is 6.27. The van der Waals surface area contributed by atoms with E-state index in [4.69, 9.17) is 0 Å². The third-order valence-electron chi connectivity index (χ3n) is 1.96. The maximum Gasteiger partial charge on any atom is 0.243 e. The Morgan fingerprint density at radius 2 is 1.25 bits per heavy atom. The topological polar surface area (TPSA) is 58.2 Å². The van der Waals surface area contributed by atoms with Gasteiger partial charge in [0.25, 0.3) is 0 Å². The van der Waals surface area contributed by atoms with Crippen molar-refractivity contribution in [1.82, 2.24) is 10.6 Å². The Kier molecular flexibility index (Phi) is 16.6. The first-order chi connectivity index (χ1) is 9.62. The Balaban J connectivity index is -0.000000108. The summed E-state index contributed by atoms with van der Waals surface area (Å²) < 4.78 is 0. The molecule has 0 heterocycles. The molecule has 0 aliphatic heterocycles. The van der Waals surface area contributed by atoms with E-state index in [0.717, 1.165) is 12.8 Å². The molecular formula is C16H28N2O2. The average Bonchev–Trinajstić information content (AvgIpc) is 2.46. The van der Waals surface area contributed by atoms with Crippen molar-refractivity contribution >= 4 is 11.8 Å². The molecule has 4 nitrogen and oxygen atoms in total. The van der Waals surface area contributed by atoms with E-state index in [0.29, 0.717) is 0 Å². The number of rotatable bonds is 2. The number of carbonyl (C=O) groups is 2. The van der Waals surface area contributed by atoms with Crippen LogP contribution in [0.4, 0.5) is 0 Å². The predicted octanol–water partition coefficient (Wildman–Crippen LogP) is 2.78. The second kappa shape index (κ2) is 16.6. The van der Waals surface area contributed by atoms with Crippen LogP contribution in [-0.2, 0) is 9.59 Å². The molecule has 2 amide bonds. The van der Waals surface area contributed by atoms with Gasteiger partial charge < -0.3 is 10.6 Å². The smallest absolute Gasteiger partial charge is 0.243 e. The molecule has 0 atom stereocenters. The average molecular weight is 280 g/mol. The van der Waals surface area contributed by atoms with Crippen LogP contribution >= 0.6 is 0 Å². The van der Waals surface area contributed by atoms with Crippen LogP contribution in [0, 0.1) is 0 Å². The van der Waals surface area contributed by atoms with E-state index in [-0.39, 0.29) is 14.7 Å². The molecule has 0 saturated carbocycles. The van der Waals surface area contributed by atoms with Crippen molar-refractivity contribution in [3.63, 3.8) is 0 Å². The van der Waals surface area contributed by atoms with Crippen LogP contribution in [0.15, 0.2) is 61.8 Å². The lowest BCUT2D eigenvalue weighted by atomic mass is 10.2. The lowest BCUT2D eigenvalue weighted by molar-refractivity contribution is -0.116. The first-order valence-corrected chi connectivity index (χ1v) is 6.27. The number of nitrogens with one attached hydrogen (secondary N) is 2. The van der Waals surface area contributed by atoms with Crippen molar-refractivity contribution in [1.29, 1.82) is 0 Å². The van der Waals surface area contributed by atoms with Crippen molar-refractivity contribution in [3.05, 3.63) is 61.8 Å². The van der Waals surface area contributed by atoms with Crippen LogP contribution in [0.2, 0.25) is 0 Å². The molecule has 0 unspecified atom stereocenters. The molecule has 0 saturated heterocycles. The van der Waals surface area contributed by atoms with Gasteiger partial charge in [0.2, 0.25) is 11.8 Å². The van der Waals surface area contributed by atoms with Gasteiger partial charge in [-0.05, 0) is 25.0 Å². The van der Waals surface area contributed by atoms with Crippen LogP contribution in [0.1, 0.15) is 15.7 Å². The number of amides is 2. The van der Waals surface area contributed by atoms with E-state index < -0.39 is 0 Å². The Hall–Kier alpha value is -2.36. The molecule has 114 valence electrons. The first kappa shape index (κ1) is 20.0. The standard InChI is InChI=1S/C8H10.2C4H7NO.2H2/c1-2-4-6-8-7-5-3-1;2*1-3-4(6)5-2;;/h1-4,7-8H,5-6H2;2*3H,1H2,2H3,(H,5,6);2*1H/b3-1-,4-2-,8-7+;;;;. The van der Waals surface area contributed by atoms with Crippen molar-refractivity contribution in [3.8, 4) is 0 Å². The molecule has 1 aliphatic carbocycles. The zero-order chi connectivity index (χ0) is 15.6. The lowest BCUT2D eigenvalue weighted by Gasteiger charge is -1.85. The van der Waals surface area contributed by atoms with E-state index >= 15 is 0 Å². The quantitative estimate of drug-likeness (QED) is 0.603. The molecule has 1 aliphatic rings. The van der Waals surface area contributed by atoms with Crippen LogP contribution in [0.3, 0.4) is 0 Å². The molecule has 0 fully saturated rings. The largest absolute Gasteiger partial charge is 0.356 e. The third-order valence-corrected chi connectivity index (χ3v) is 1.96. The van der Waals surface area contributed by atoms with Gasteiger partial charge in [-0.15, -0.1) is 0 Å². The van der Waals surface area contributed by atoms with E-state index in [9.17, 15) is 9.59 Å². The van der Waals surface area contributed by atoms with Crippen molar-refractivity contribution in [2.75, 3.05) is 14.1 Å². The molecular weight excluding hydrogens is 252 g/mol. The summed E-state index contributed by atoms with van der Waals surface area (Å²) in [6, 6.07) is 0. The van der Waals surface area contributed by atoms with E-state index in [1.807, 2.05) is 0 Å². The highest BCUT2D eigenvalue weighted by Crippen LogP contribution is 1.95. The van der Waals surface area contributed by atoms with E-state index in [1.54, 1.807) is 14.1 Å². The molecule has 0 aromatic carbocycles. The van der Waals surface area contributed by atoms with Gasteiger partial charge >= 0.3 is 0 Å². The Morgan fingerprint density at radius 3 is 1.45 bits per heavy atom. The molecule has 4 heteroatoms. The van der Waals surface area contributed by atoms with Crippen LogP contribution in [0.25, 0.3) is 0 Å². The maximum absolute atomic E-state index is 9.95. The summed E-state index contributed by atoms with van der Waals surface area (Å²) in [5.74, 6) is -0.287. The molecule has 2 N–H and O–H groups in total. The minimum Gasteiger partial charge on any atom is -0.356 e.